The molecule has 18 heavy (non-hydrogen) atoms. The van der Waals surface area contributed by atoms with Gasteiger partial charge in [-0.3, -0.25) is 0 Å². The van der Waals surface area contributed by atoms with E-state index in [9.17, 15) is 13.2 Å². The third kappa shape index (κ3) is 7.93. The molecule has 0 aliphatic carbocycles. The zero-order valence-corrected chi connectivity index (χ0v) is 11.9. The van der Waals surface area contributed by atoms with Crippen molar-refractivity contribution in [2.24, 2.45) is 5.41 Å². The van der Waals surface area contributed by atoms with Gasteiger partial charge in [-0.2, -0.15) is 13.2 Å². The number of ether oxygens (including phenoxy) is 1. The molecule has 0 spiro atoms. The monoisotopic (exact) mass is 269 g/mol. The standard InChI is InChI=1S/C13H26F3NO/c1-5-12(6-2,9-17-11(3)4)7-8-18-10-13(14,15)16/h11,17H,5-10H2,1-4H3. The number of hydrogen-bond acceptors (Lipinski definition) is 2. The lowest BCUT2D eigenvalue weighted by atomic mass is 9.79. The molecule has 0 heterocycles. The van der Waals surface area contributed by atoms with Gasteiger partial charge in [0.25, 0.3) is 0 Å². The number of halogens is 3. The van der Waals surface area contributed by atoms with Gasteiger partial charge in [0.15, 0.2) is 0 Å². The van der Waals surface area contributed by atoms with Crippen LogP contribution in [-0.4, -0.2) is 32.0 Å². The molecule has 0 saturated carbocycles. The highest BCUT2D eigenvalue weighted by Crippen LogP contribution is 2.30. The van der Waals surface area contributed by atoms with E-state index in [0.717, 1.165) is 19.4 Å². The molecule has 1 N–H and O–H groups in total. The molecule has 110 valence electrons. The molecule has 0 radical (unpaired) electrons. The van der Waals surface area contributed by atoms with Crippen molar-refractivity contribution in [2.75, 3.05) is 19.8 Å². The third-order valence-corrected chi connectivity index (χ3v) is 3.43. The fourth-order valence-corrected chi connectivity index (χ4v) is 1.84. The van der Waals surface area contributed by atoms with Gasteiger partial charge in [-0.15, -0.1) is 0 Å². The van der Waals surface area contributed by atoms with E-state index in [1.807, 2.05) is 0 Å². The lowest BCUT2D eigenvalue weighted by molar-refractivity contribution is -0.175. The second-order valence-electron chi connectivity index (χ2n) is 5.16. The Kier molecular flexibility index (Phi) is 7.87. The molecule has 0 aromatic heterocycles. The lowest BCUT2D eigenvalue weighted by Gasteiger charge is -2.33. The Morgan fingerprint density at radius 1 is 1.11 bits per heavy atom. The summed E-state index contributed by atoms with van der Waals surface area (Å²) in [6.07, 6.45) is -1.68. The summed E-state index contributed by atoms with van der Waals surface area (Å²) in [5, 5.41) is 3.37. The Morgan fingerprint density at radius 3 is 2.06 bits per heavy atom. The first-order valence-corrected chi connectivity index (χ1v) is 6.62. The molecule has 0 aliphatic heterocycles. The summed E-state index contributed by atoms with van der Waals surface area (Å²) in [6, 6.07) is 0.388. The van der Waals surface area contributed by atoms with Gasteiger partial charge in [0, 0.05) is 19.2 Å². The largest absolute Gasteiger partial charge is 0.411 e. The van der Waals surface area contributed by atoms with Gasteiger partial charge in [0.1, 0.15) is 6.61 Å². The molecule has 0 saturated heterocycles. The maximum atomic E-state index is 12.0. The van der Waals surface area contributed by atoms with Crippen molar-refractivity contribution in [3.63, 3.8) is 0 Å². The van der Waals surface area contributed by atoms with Crippen LogP contribution < -0.4 is 5.32 Å². The average molecular weight is 269 g/mol. The van der Waals surface area contributed by atoms with Crippen molar-refractivity contribution in [1.29, 1.82) is 0 Å². The number of hydrogen-bond donors (Lipinski definition) is 1. The normalized spacial score (nSPS) is 13.3. The maximum Gasteiger partial charge on any atom is 0.411 e. The Bertz CT molecular complexity index is 213. The topological polar surface area (TPSA) is 21.3 Å². The van der Waals surface area contributed by atoms with Crippen LogP contribution in [-0.2, 0) is 4.74 Å². The van der Waals surface area contributed by atoms with Crippen LogP contribution in [0.4, 0.5) is 13.2 Å². The van der Waals surface area contributed by atoms with Crippen molar-refractivity contribution >= 4 is 0 Å². The fraction of sp³-hybridized carbons (Fsp3) is 1.00. The lowest BCUT2D eigenvalue weighted by Crippen LogP contribution is -2.38. The Morgan fingerprint density at radius 2 is 1.67 bits per heavy atom. The number of nitrogens with one attached hydrogen (secondary N) is 1. The van der Waals surface area contributed by atoms with Gasteiger partial charge in [0.2, 0.25) is 0 Å². The minimum atomic E-state index is -4.22. The van der Waals surface area contributed by atoms with Crippen molar-refractivity contribution in [3.8, 4) is 0 Å². The first kappa shape index (κ1) is 17.7. The molecule has 0 atom stereocenters. The summed E-state index contributed by atoms with van der Waals surface area (Å²) in [5.74, 6) is 0. The van der Waals surface area contributed by atoms with E-state index in [-0.39, 0.29) is 12.0 Å². The van der Waals surface area contributed by atoms with Crippen LogP contribution in [0.3, 0.4) is 0 Å². The highest BCUT2D eigenvalue weighted by atomic mass is 19.4. The molecule has 0 rings (SSSR count). The molecule has 0 aromatic carbocycles. The number of rotatable bonds is 9. The highest BCUT2D eigenvalue weighted by molar-refractivity contribution is 4.79. The minimum Gasteiger partial charge on any atom is -0.372 e. The molecule has 5 heteroatoms. The predicted octanol–water partition coefficient (Wildman–Crippen LogP) is 3.76. The van der Waals surface area contributed by atoms with E-state index in [0.29, 0.717) is 12.5 Å². The second-order valence-corrected chi connectivity index (χ2v) is 5.16. The van der Waals surface area contributed by atoms with Crippen LogP contribution in [0.25, 0.3) is 0 Å². The van der Waals surface area contributed by atoms with E-state index in [1.165, 1.54) is 0 Å². The van der Waals surface area contributed by atoms with Crippen LogP contribution in [0.1, 0.15) is 47.0 Å². The van der Waals surface area contributed by atoms with Gasteiger partial charge in [0.05, 0.1) is 0 Å². The van der Waals surface area contributed by atoms with Crippen LogP contribution in [0, 0.1) is 5.41 Å². The molecule has 0 unspecified atom stereocenters. The quantitative estimate of drug-likeness (QED) is 0.643. The zero-order chi connectivity index (χ0) is 14.2. The van der Waals surface area contributed by atoms with E-state index < -0.39 is 12.8 Å². The van der Waals surface area contributed by atoms with E-state index in [4.69, 9.17) is 4.74 Å². The molecule has 2 nitrogen and oxygen atoms in total. The van der Waals surface area contributed by atoms with Crippen molar-refractivity contribution < 1.29 is 17.9 Å². The first-order valence-electron chi connectivity index (χ1n) is 6.62. The van der Waals surface area contributed by atoms with Crippen LogP contribution in [0.5, 0.6) is 0 Å². The van der Waals surface area contributed by atoms with Gasteiger partial charge in [-0.05, 0) is 24.7 Å². The molecular formula is C13H26F3NO. The highest BCUT2D eigenvalue weighted by Gasteiger charge is 2.29. The Hall–Kier alpha value is -0.290. The van der Waals surface area contributed by atoms with Gasteiger partial charge < -0.3 is 10.1 Å². The van der Waals surface area contributed by atoms with E-state index >= 15 is 0 Å². The zero-order valence-electron chi connectivity index (χ0n) is 11.9. The van der Waals surface area contributed by atoms with Gasteiger partial charge in [-0.25, -0.2) is 0 Å². The van der Waals surface area contributed by atoms with E-state index in [1.54, 1.807) is 0 Å². The molecule has 0 amide bonds. The molecule has 0 bridgehead atoms. The third-order valence-electron chi connectivity index (χ3n) is 3.43. The summed E-state index contributed by atoms with van der Waals surface area (Å²) in [7, 11) is 0. The molecular weight excluding hydrogens is 243 g/mol. The summed E-state index contributed by atoms with van der Waals surface area (Å²) >= 11 is 0. The predicted molar refractivity (Wildman–Crippen MR) is 67.6 cm³/mol. The van der Waals surface area contributed by atoms with Gasteiger partial charge in [-0.1, -0.05) is 27.7 Å². The van der Waals surface area contributed by atoms with Gasteiger partial charge >= 0.3 is 6.18 Å². The fourth-order valence-electron chi connectivity index (χ4n) is 1.84. The van der Waals surface area contributed by atoms with E-state index in [2.05, 4.69) is 33.0 Å². The SMILES string of the molecule is CCC(CC)(CCOCC(F)(F)F)CNC(C)C. The molecule has 0 aliphatic rings. The number of alkyl halides is 3. The smallest absolute Gasteiger partial charge is 0.372 e. The Balaban J connectivity index is 4.10. The second kappa shape index (κ2) is 8.00. The minimum absolute atomic E-state index is 0.0376. The summed E-state index contributed by atoms with van der Waals surface area (Å²) in [5.41, 5.74) is 0.0376. The van der Waals surface area contributed by atoms with Crippen molar-refractivity contribution in [3.05, 3.63) is 0 Å². The summed E-state index contributed by atoms with van der Waals surface area (Å²) in [6.45, 7) is 8.14. The van der Waals surface area contributed by atoms with Crippen molar-refractivity contribution in [1.82, 2.24) is 5.32 Å². The maximum absolute atomic E-state index is 12.0. The average Bonchev–Trinajstić information content (AvgIpc) is 2.27. The van der Waals surface area contributed by atoms with Crippen molar-refractivity contribution in [2.45, 2.75) is 59.2 Å². The molecule has 0 fully saturated rings. The summed E-state index contributed by atoms with van der Waals surface area (Å²) in [4.78, 5) is 0. The summed E-state index contributed by atoms with van der Waals surface area (Å²) < 4.78 is 40.6. The van der Waals surface area contributed by atoms with Crippen LogP contribution >= 0.6 is 0 Å². The first-order chi connectivity index (χ1) is 8.24. The Labute approximate surface area is 108 Å². The molecule has 0 aromatic rings. The van der Waals surface area contributed by atoms with Crippen LogP contribution in [0.15, 0.2) is 0 Å². The van der Waals surface area contributed by atoms with Crippen LogP contribution in [0.2, 0.25) is 0 Å².